The van der Waals surface area contributed by atoms with E-state index in [4.69, 9.17) is 0 Å². The Morgan fingerprint density at radius 2 is 1.94 bits per heavy atom. The summed E-state index contributed by atoms with van der Waals surface area (Å²) in [6.45, 7) is 4.05. The maximum Gasteiger partial charge on any atom is 0.417 e. The maximum atomic E-state index is 12.8. The van der Waals surface area contributed by atoms with E-state index in [1.165, 1.54) is 12.1 Å². The van der Waals surface area contributed by atoms with Crippen molar-refractivity contribution in [2.24, 2.45) is 5.92 Å². The number of hydrogen-bond acceptors (Lipinski definition) is 1. The number of halogens is 4. The predicted molar refractivity (Wildman–Crippen MR) is 70.4 cm³/mol. The van der Waals surface area contributed by atoms with Gasteiger partial charge in [0.2, 0.25) is 0 Å². The fourth-order valence-electron chi connectivity index (χ4n) is 1.97. The van der Waals surface area contributed by atoms with E-state index in [0.717, 1.165) is 6.42 Å². The summed E-state index contributed by atoms with van der Waals surface area (Å²) in [5, 5.41) is 3.08. The first-order valence-electron chi connectivity index (χ1n) is 5.85. The van der Waals surface area contributed by atoms with Gasteiger partial charge in [0.25, 0.3) is 0 Å². The van der Waals surface area contributed by atoms with Crippen LogP contribution in [0.2, 0.25) is 0 Å². The molecule has 0 saturated carbocycles. The zero-order valence-corrected chi connectivity index (χ0v) is 12.2. The molecule has 0 aliphatic carbocycles. The second-order valence-electron chi connectivity index (χ2n) is 4.39. The molecule has 5 heteroatoms. The number of benzene rings is 1. The minimum absolute atomic E-state index is 0.0656. The largest absolute Gasteiger partial charge is 0.417 e. The van der Waals surface area contributed by atoms with E-state index >= 15 is 0 Å². The topological polar surface area (TPSA) is 12.0 Å². The van der Waals surface area contributed by atoms with Gasteiger partial charge < -0.3 is 5.32 Å². The molecule has 1 N–H and O–H groups in total. The third-order valence-corrected chi connectivity index (χ3v) is 3.87. The second kappa shape index (κ2) is 6.06. The lowest BCUT2D eigenvalue weighted by Gasteiger charge is -2.24. The summed E-state index contributed by atoms with van der Waals surface area (Å²) in [6, 6.07) is 4.35. The summed E-state index contributed by atoms with van der Waals surface area (Å²) in [5.41, 5.74) is 0.0472. The molecule has 0 saturated heterocycles. The van der Waals surface area contributed by atoms with Crippen LogP contribution >= 0.6 is 15.9 Å². The van der Waals surface area contributed by atoms with Crippen molar-refractivity contribution in [3.8, 4) is 0 Å². The SMILES string of the molecule is CCC(C)C(NC)c1ccc(Br)c(C(F)(F)F)c1. The number of alkyl halides is 3. The molecule has 1 aromatic rings. The molecule has 0 heterocycles. The van der Waals surface area contributed by atoms with Gasteiger partial charge in [-0.1, -0.05) is 42.3 Å². The molecule has 18 heavy (non-hydrogen) atoms. The van der Waals surface area contributed by atoms with Gasteiger partial charge in [0.05, 0.1) is 5.56 Å². The molecule has 0 radical (unpaired) electrons. The van der Waals surface area contributed by atoms with Crippen molar-refractivity contribution in [1.82, 2.24) is 5.32 Å². The highest BCUT2D eigenvalue weighted by molar-refractivity contribution is 9.10. The van der Waals surface area contributed by atoms with Crippen LogP contribution in [0.1, 0.15) is 37.4 Å². The van der Waals surface area contributed by atoms with Crippen LogP contribution in [0.3, 0.4) is 0 Å². The second-order valence-corrected chi connectivity index (χ2v) is 5.24. The molecule has 0 fully saturated rings. The molecule has 0 aromatic heterocycles. The summed E-state index contributed by atoms with van der Waals surface area (Å²) in [5.74, 6) is 0.275. The lowest BCUT2D eigenvalue weighted by Crippen LogP contribution is -2.23. The molecule has 2 unspecified atom stereocenters. The molecular weight excluding hydrogens is 307 g/mol. The van der Waals surface area contributed by atoms with Crippen molar-refractivity contribution >= 4 is 15.9 Å². The Morgan fingerprint density at radius 1 is 1.33 bits per heavy atom. The Balaban J connectivity index is 3.18. The predicted octanol–water partition coefficient (Wildman–Crippen LogP) is 4.77. The molecule has 0 bridgehead atoms. The monoisotopic (exact) mass is 323 g/mol. The van der Waals surface area contributed by atoms with Gasteiger partial charge in [0.1, 0.15) is 0 Å². The zero-order valence-electron chi connectivity index (χ0n) is 10.6. The van der Waals surface area contributed by atoms with Crippen LogP contribution in [0, 0.1) is 5.92 Å². The van der Waals surface area contributed by atoms with Crippen LogP contribution in [-0.4, -0.2) is 7.05 Å². The molecule has 1 nitrogen and oxygen atoms in total. The van der Waals surface area contributed by atoms with Gasteiger partial charge in [-0.15, -0.1) is 0 Å². The Hall–Kier alpha value is -0.550. The Morgan fingerprint density at radius 3 is 2.39 bits per heavy atom. The summed E-state index contributed by atoms with van der Waals surface area (Å²) in [4.78, 5) is 0. The van der Waals surface area contributed by atoms with Crippen molar-refractivity contribution in [3.05, 3.63) is 33.8 Å². The van der Waals surface area contributed by atoms with Crippen molar-refractivity contribution in [1.29, 1.82) is 0 Å². The van der Waals surface area contributed by atoms with Gasteiger partial charge in [0, 0.05) is 10.5 Å². The Labute approximate surface area is 114 Å². The third kappa shape index (κ3) is 3.48. The summed E-state index contributed by atoms with van der Waals surface area (Å²) >= 11 is 2.95. The van der Waals surface area contributed by atoms with Crippen LogP contribution in [0.15, 0.2) is 22.7 Å². The Bertz CT molecular complexity index is 404. The number of nitrogens with one attached hydrogen (secondary N) is 1. The van der Waals surface area contributed by atoms with E-state index in [1.54, 1.807) is 13.1 Å². The van der Waals surface area contributed by atoms with Crippen molar-refractivity contribution in [3.63, 3.8) is 0 Å². The molecule has 2 atom stereocenters. The van der Waals surface area contributed by atoms with Gasteiger partial charge in [-0.2, -0.15) is 13.2 Å². The van der Waals surface area contributed by atoms with Gasteiger partial charge in [0.15, 0.2) is 0 Å². The smallest absolute Gasteiger partial charge is 0.313 e. The third-order valence-electron chi connectivity index (χ3n) is 3.18. The summed E-state index contributed by atoms with van der Waals surface area (Å²) in [7, 11) is 1.77. The van der Waals surface area contributed by atoms with Crippen molar-refractivity contribution in [2.75, 3.05) is 7.05 Å². The first-order chi connectivity index (χ1) is 8.31. The van der Waals surface area contributed by atoms with Gasteiger partial charge in [-0.3, -0.25) is 0 Å². The highest BCUT2D eigenvalue weighted by Gasteiger charge is 2.33. The summed E-state index contributed by atoms with van der Waals surface area (Å²) < 4.78 is 38.6. The van der Waals surface area contributed by atoms with Gasteiger partial charge in [-0.05, 0) is 30.7 Å². The average molecular weight is 324 g/mol. The maximum absolute atomic E-state index is 12.8. The molecule has 0 spiro atoms. The van der Waals surface area contributed by atoms with E-state index in [1.807, 2.05) is 13.8 Å². The first-order valence-corrected chi connectivity index (χ1v) is 6.64. The quantitative estimate of drug-likeness (QED) is 0.841. The van der Waals surface area contributed by atoms with E-state index in [9.17, 15) is 13.2 Å². The summed E-state index contributed by atoms with van der Waals surface area (Å²) in [6.07, 6.45) is -3.43. The average Bonchev–Trinajstić information content (AvgIpc) is 2.30. The standard InChI is InChI=1S/C13H17BrF3N/c1-4-8(2)12(18-3)9-5-6-11(14)10(7-9)13(15,16)17/h5-8,12,18H,4H2,1-3H3. The Kier molecular flexibility index (Phi) is 5.22. The fraction of sp³-hybridized carbons (Fsp3) is 0.538. The van der Waals surface area contributed by atoms with E-state index in [2.05, 4.69) is 21.2 Å². The molecular formula is C13H17BrF3N. The van der Waals surface area contributed by atoms with Crippen LogP contribution in [-0.2, 0) is 6.18 Å². The van der Waals surface area contributed by atoms with E-state index < -0.39 is 11.7 Å². The molecule has 1 aromatic carbocycles. The number of rotatable bonds is 4. The highest BCUT2D eigenvalue weighted by atomic mass is 79.9. The first kappa shape index (κ1) is 15.5. The molecule has 102 valence electrons. The highest BCUT2D eigenvalue weighted by Crippen LogP contribution is 2.37. The lowest BCUT2D eigenvalue weighted by atomic mass is 9.91. The van der Waals surface area contributed by atoms with E-state index in [-0.39, 0.29) is 16.4 Å². The van der Waals surface area contributed by atoms with Crippen molar-refractivity contribution < 1.29 is 13.2 Å². The van der Waals surface area contributed by atoms with Crippen molar-refractivity contribution in [2.45, 2.75) is 32.5 Å². The van der Waals surface area contributed by atoms with Gasteiger partial charge >= 0.3 is 6.18 Å². The minimum atomic E-state index is -4.33. The fourth-order valence-corrected chi connectivity index (χ4v) is 2.44. The van der Waals surface area contributed by atoms with Gasteiger partial charge in [-0.25, -0.2) is 0 Å². The van der Waals surface area contributed by atoms with Crippen LogP contribution < -0.4 is 5.32 Å². The molecule has 0 aliphatic heterocycles. The molecule has 0 aliphatic rings. The lowest BCUT2D eigenvalue weighted by molar-refractivity contribution is -0.138. The van der Waals surface area contributed by atoms with Crippen LogP contribution in [0.4, 0.5) is 13.2 Å². The zero-order chi connectivity index (χ0) is 13.9. The number of hydrogen-bond donors (Lipinski definition) is 1. The molecule has 0 amide bonds. The normalized spacial score (nSPS) is 15.5. The molecule has 1 rings (SSSR count). The van der Waals surface area contributed by atoms with Crippen LogP contribution in [0.25, 0.3) is 0 Å². The van der Waals surface area contributed by atoms with E-state index in [0.29, 0.717) is 5.56 Å². The van der Waals surface area contributed by atoms with Crippen LogP contribution in [0.5, 0.6) is 0 Å². The minimum Gasteiger partial charge on any atom is -0.313 e.